The first-order valence-corrected chi connectivity index (χ1v) is 31.9. The second kappa shape index (κ2) is 41.1. The number of hydrogen-bond acceptors (Lipinski definition) is 12. The Labute approximate surface area is 512 Å². The predicted molar refractivity (Wildman–Crippen MR) is 354 cm³/mol. The molecule has 0 unspecified atom stereocenters. The Bertz CT molecular complexity index is 2730. The van der Waals surface area contributed by atoms with Gasteiger partial charge in [0.25, 0.3) is 11.8 Å². The number of nitrogens with two attached hydrogens (primary N) is 4. The number of nitrogen functional groups attached to an aromatic ring is 4. The zero-order valence-corrected chi connectivity index (χ0v) is 51.5. The van der Waals surface area contributed by atoms with Crippen molar-refractivity contribution in [2.24, 2.45) is 0 Å². The van der Waals surface area contributed by atoms with E-state index in [-0.39, 0.29) is 17.4 Å². The fourth-order valence-corrected chi connectivity index (χ4v) is 9.81. The number of nitrogens with one attached hydrogen (secondary N) is 2. The average Bonchev–Trinajstić information content (AvgIpc) is 3.22. The summed E-state index contributed by atoms with van der Waals surface area (Å²) in [6.07, 6.45) is 35.5. The van der Waals surface area contributed by atoms with E-state index in [2.05, 4.69) is 24.5 Å². The average molecular weight is 1180 g/mol. The molecule has 0 aliphatic carbocycles. The molecular weight excluding hydrogens is 1080 g/mol. The number of carbonyl (C=O) groups excluding carboxylic acids is 4. The van der Waals surface area contributed by atoms with Crippen LogP contribution < -0.4 is 43.0 Å². The molecule has 0 radical (unpaired) electrons. The Hall–Kier alpha value is -8.00. The maximum Gasteiger partial charge on any atom is 0.338 e. The quantitative estimate of drug-likeness (QED) is 0.0120. The Morgan fingerprint density at radius 1 is 0.302 bits per heavy atom. The van der Waals surface area contributed by atoms with Gasteiger partial charge < -0.3 is 52.5 Å². The molecule has 6 aromatic rings. The van der Waals surface area contributed by atoms with Crippen LogP contribution in [-0.4, -0.2) is 37.0 Å². The van der Waals surface area contributed by atoms with Crippen molar-refractivity contribution in [2.75, 3.05) is 46.8 Å². The molecule has 0 aliphatic rings. The van der Waals surface area contributed by atoms with Crippen LogP contribution in [0.4, 0.5) is 34.1 Å². The fraction of sp³-hybridized carbons (Fsp3) is 0.444. The van der Waals surface area contributed by atoms with Crippen LogP contribution in [0.5, 0.6) is 23.0 Å². The molecule has 0 atom stereocenters. The maximum atomic E-state index is 13.0. The highest BCUT2D eigenvalue weighted by Crippen LogP contribution is 2.32. The van der Waals surface area contributed by atoms with Gasteiger partial charge in [-0.3, -0.25) is 9.59 Å². The van der Waals surface area contributed by atoms with Crippen molar-refractivity contribution >= 4 is 57.9 Å². The summed E-state index contributed by atoms with van der Waals surface area (Å²) in [5, 5.41) is 5.60. The molecule has 6 aromatic carbocycles. The van der Waals surface area contributed by atoms with Crippen molar-refractivity contribution in [3.63, 3.8) is 0 Å². The van der Waals surface area contributed by atoms with Gasteiger partial charge in [-0.1, -0.05) is 181 Å². The molecule has 0 aromatic heterocycles. The minimum absolute atomic E-state index is 0.225. The summed E-state index contributed by atoms with van der Waals surface area (Å²) in [5.41, 5.74) is 27.5. The van der Waals surface area contributed by atoms with Crippen LogP contribution in [0, 0.1) is 0 Å². The summed E-state index contributed by atoms with van der Waals surface area (Å²) in [5.74, 6) is 0.465. The van der Waals surface area contributed by atoms with E-state index in [1.54, 1.807) is 133 Å². The van der Waals surface area contributed by atoms with Gasteiger partial charge in [-0.05, 0) is 140 Å². The fourth-order valence-electron chi connectivity index (χ4n) is 9.81. The molecule has 6 rings (SSSR count). The van der Waals surface area contributed by atoms with E-state index in [0.29, 0.717) is 87.0 Å². The highest BCUT2D eigenvalue weighted by atomic mass is 16.5. The van der Waals surface area contributed by atoms with Gasteiger partial charge in [0.2, 0.25) is 0 Å². The number of unbranched alkanes of at least 4 members (excludes halogenated alkanes) is 26. The van der Waals surface area contributed by atoms with Crippen LogP contribution in [0.1, 0.15) is 235 Å². The van der Waals surface area contributed by atoms with E-state index < -0.39 is 11.9 Å². The molecule has 0 saturated carbocycles. The summed E-state index contributed by atoms with van der Waals surface area (Å²) in [4.78, 5) is 51.6. The molecule has 14 heteroatoms. The first-order valence-electron chi connectivity index (χ1n) is 31.9. The number of anilines is 6. The van der Waals surface area contributed by atoms with E-state index in [4.69, 9.17) is 41.9 Å². The largest absolute Gasteiger partial charge is 0.462 e. The van der Waals surface area contributed by atoms with Gasteiger partial charge in [-0.25, -0.2) is 9.59 Å². The molecule has 0 heterocycles. The number of amides is 2. The summed E-state index contributed by atoms with van der Waals surface area (Å²) < 4.78 is 23.1. The molecule has 464 valence electrons. The van der Waals surface area contributed by atoms with Crippen molar-refractivity contribution in [3.8, 4) is 23.0 Å². The van der Waals surface area contributed by atoms with Crippen molar-refractivity contribution in [1.82, 2.24) is 0 Å². The molecule has 14 nitrogen and oxygen atoms in total. The second-order valence-corrected chi connectivity index (χ2v) is 22.5. The van der Waals surface area contributed by atoms with Crippen LogP contribution >= 0.6 is 0 Å². The highest BCUT2D eigenvalue weighted by molar-refractivity contribution is 6.08. The Balaban J connectivity index is 0.000000315. The smallest absolute Gasteiger partial charge is 0.338 e. The van der Waals surface area contributed by atoms with Gasteiger partial charge in [0, 0.05) is 51.3 Å². The van der Waals surface area contributed by atoms with E-state index in [0.717, 1.165) is 32.1 Å². The first-order chi connectivity index (χ1) is 41.9. The van der Waals surface area contributed by atoms with E-state index in [1.807, 2.05) is 0 Å². The molecular formula is C72H98N6O8. The summed E-state index contributed by atoms with van der Waals surface area (Å²) in [6.45, 7) is 5.23. The standard InChI is InChI=1S/C37H50N4O4.C35H48N2O4/c1-2-3-4-5-6-7-8-9-10-11-12-13-14-15-24-45-37(44)30-25-33(40-35(42)28-16-20-31(38)21-17-28)27-34(26-30)41-36(43)29-18-22-32(39)23-19-29;1-2-3-4-5-6-7-8-9-10-11-12-13-14-15-24-39-35(38)28-25-33(40-31-20-16-29(36)17-21-31)27-34(26-28)41-32-22-18-30(37)19-23-32/h16-23,25-27H,2-15,24,38-39H2,1H3,(H,40,42)(H,41,43);16-23,25-27H,2-15,24,36-37H2,1H3. The van der Waals surface area contributed by atoms with Gasteiger partial charge in [0.15, 0.2) is 0 Å². The second-order valence-electron chi connectivity index (χ2n) is 22.5. The summed E-state index contributed by atoms with van der Waals surface area (Å²) in [6, 6.07) is 36.9. The van der Waals surface area contributed by atoms with Gasteiger partial charge >= 0.3 is 11.9 Å². The van der Waals surface area contributed by atoms with E-state index in [1.165, 1.54) is 148 Å². The van der Waals surface area contributed by atoms with Gasteiger partial charge in [-0.15, -0.1) is 0 Å². The minimum atomic E-state index is -0.517. The van der Waals surface area contributed by atoms with Crippen LogP contribution in [0.3, 0.4) is 0 Å². The maximum absolute atomic E-state index is 13.0. The third-order valence-corrected chi connectivity index (χ3v) is 14.8. The first kappa shape index (κ1) is 68.8. The summed E-state index contributed by atoms with van der Waals surface area (Å²) in [7, 11) is 0. The van der Waals surface area contributed by atoms with Gasteiger partial charge in [0.1, 0.15) is 23.0 Å². The number of esters is 2. The molecule has 2 amide bonds. The van der Waals surface area contributed by atoms with Crippen LogP contribution in [0.15, 0.2) is 133 Å². The Morgan fingerprint density at radius 3 is 0.872 bits per heavy atom. The molecule has 0 bridgehead atoms. The number of rotatable bonds is 40. The van der Waals surface area contributed by atoms with Crippen molar-refractivity contribution < 1.29 is 38.1 Å². The Morgan fingerprint density at radius 2 is 0.570 bits per heavy atom. The lowest BCUT2D eigenvalue weighted by Crippen LogP contribution is -2.16. The molecule has 0 saturated heterocycles. The molecule has 0 fully saturated rings. The van der Waals surface area contributed by atoms with Crippen molar-refractivity contribution in [2.45, 2.75) is 194 Å². The normalized spacial score (nSPS) is 10.8. The number of benzene rings is 6. The number of carbonyl (C=O) groups is 4. The lowest BCUT2D eigenvalue weighted by atomic mass is 10.0. The predicted octanol–water partition coefficient (Wildman–Crippen LogP) is 19.1. The van der Waals surface area contributed by atoms with Crippen molar-refractivity contribution in [3.05, 3.63) is 156 Å². The number of ether oxygens (including phenoxy) is 4. The Kier molecular flexibility index (Phi) is 32.9. The van der Waals surface area contributed by atoms with E-state index in [9.17, 15) is 19.2 Å². The molecule has 10 N–H and O–H groups in total. The lowest BCUT2D eigenvalue weighted by molar-refractivity contribution is 0.0488. The van der Waals surface area contributed by atoms with Crippen LogP contribution in [-0.2, 0) is 9.47 Å². The highest BCUT2D eigenvalue weighted by Gasteiger charge is 2.17. The SMILES string of the molecule is CCCCCCCCCCCCCCCCOC(=O)c1cc(NC(=O)c2ccc(N)cc2)cc(NC(=O)c2ccc(N)cc2)c1.CCCCCCCCCCCCCCCCOC(=O)c1cc(Oc2ccc(N)cc2)cc(Oc2ccc(N)cc2)c1. The molecule has 0 spiro atoms. The molecule has 86 heavy (non-hydrogen) atoms. The number of hydrogen-bond donors (Lipinski definition) is 6. The lowest BCUT2D eigenvalue weighted by Gasteiger charge is -2.13. The third kappa shape index (κ3) is 28.7. The molecule has 0 aliphatic heterocycles. The monoisotopic (exact) mass is 1170 g/mol. The zero-order chi connectivity index (χ0) is 61.4. The minimum Gasteiger partial charge on any atom is -0.462 e. The third-order valence-electron chi connectivity index (χ3n) is 14.8. The van der Waals surface area contributed by atoms with Crippen LogP contribution in [0.25, 0.3) is 0 Å². The van der Waals surface area contributed by atoms with Gasteiger partial charge in [-0.2, -0.15) is 0 Å². The zero-order valence-electron chi connectivity index (χ0n) is 51.5. The van der Waals surface area contributed by atoms with Gasteiger partial charge in [0.05, 0.1) is 24.3 Å². The summed E-state index contributed by atoms with van der Waals surface area (Å²) >= 11 is 0. The van der Waals surface area contributed by atoms with E-state index >= 15 is 0 Å². The topological polar surface area (TPSA) is 233 Å². The van der Waals surface area contributed by atoms with Crippen molar-refractivity contribution in [1.29, 1.82) is 0 Å². The van der Waals surface area contributed by atoms with Crippen LogP contribution in [0.2, 0.25) is 0 Å².